The van der Waals surface area contributed by atoms with E-state index in [-0.39, 0.29) is 17.4 Å². The third-order valence-electron chi connectivity index (χ3n) is 2.61. The van der Waals surface area contributed by atoms with Crippen LogP contribution in [0.15, 0.2) is 0 Å². The maximum atomic E-state index is 11.4. The lowest BCUT2D eigenvalue weighted by atomic mass is 10.0. The summed E-state index contributed by atoms with van der Waals surface area (Å²) in [4.78, 5) is 11.4. The van der Waals surface area contributed by atoms with E-state index in [0.717, 1.165) is 6.42 Å². The Labute approximate surface area is 85.0 Å². The van der Waals surface area contributed by atoms with Gasteiger partial charge in [0.1, 0.15) is 5.60 Å². The fourth-order valence-corrected chi connectivity index (χ4v) is 1.41. The van der Waals surface area contributed by atoms with Crippen molar-refractivity contribution in [2.24, 2.45) is 5.92 Å². The highest BCUT2D eigenvalue weighted by atomic mass is 16.5. The summed E-state index contributed by atoms with van der Waals surface area (Å²) in [7, 11) is 1.66. The summed E-state index contributed by atoms with van der Waals surface area (Å²) in [5.41, 5.74) is -0.301. The minimum atomic E-state index is -0.301. The van der Waals surface area contributed by atoms with Gasteiger partial charge in [-0.2, -0.15) is 0 Å². The smallest absolute Gasteiger partial charge is 0.222 e. The van der Waals surface area contributed by atoms with Gasteiger partial charge in [0.2, 0.25) is 5.91 Å². The van der Waals surface area contributed by atoms with Crippen LogP contribution in [0, 0.1) is 5.92 Å². The summed E-state index contributed by atoms with van der Waals surface area (Å²) in [5.74, 6) is 0.0829. The van der Waals surface area contributed by atoms with E-state index in [1.54, 1.807) is 7.11 Å². The summed E-state index contributed by atoms with van der Waals surface area (Å²) in [5, 5.41) is 2.87. The molecule has 0 bridgehead atoms. The molecule has 0 aromatic heterocycles. The molecule has 0 saturated carbocycles. The molecule has 1 aliphatic rings. The van der Waals surface area contributed by atoms with Crippen LogP contribution in [0.1, 0.15) is 20.3 Å². The van der Waals surface area contributed by atoms with Crippen molar-refractivity contribution < 1.29 is 14.3 Å². The molecule has 0 spiro atoms. The maximum Gasteiger partial charge on any atom is 0.222 e. The van der Waals surface area contributed by atoms with Crippen LogP contribution >= 0.6 is 0 Å². The minimum absolute atomic E-state index is 0.0197. The molecule has 1 N–H and O–H groups in total. The fourth-order valence-electron chi connectivity index (χ4n) is 1.41. The molecule has 1 unspecified atom stereocenters. The molecule has 4 heteroatoms. The zero-order chi connectivity index (χ0) is 10.6. The van der Waals surface area contributed by atoms with E-state index < -0.39 is 0 Å². The van der Waals surface area contributed by atoms with Crippen LogP contribution in [-0.4, -0.2) is 38.4 Å². The van der Waals surface area contributed by atoms with E-state index in [4.69, 9.17) is 9.47 Å². The first kappa shape index (κ1) is 11.5. The fraction of sp³-hybridized carbons (Fsp3) is 0.900. The Morgan fingerprint density at radius 3 is 2.79 bits per heavy atom. The number of ether oxygens (including phenoxy) is 2. The van der Waals surface area contributed by atoms with Crippen LogP contribution < -0.4 is 5.32 Å². The van der Waals surface area contributed by atoms with Crippen LogP contribution in [-0.2, 0) is 14.3 Å². The van der Waals surface area contributed by atoms with Crippen molar-refractivity contribution in [1.29, 1.82) is 0 Å². The molecular formula is C10H19NO3. The number of carbonyl (C=O) groups is 1. The largest absolute Gasteiger partial charge is 0.378 e. The zero-order valence-electron chi connectivity index (χ0n) is 9.13. The Hall–Kier alpha value is -0.610. The number of methoxy groups -OCH3 is 1. The molecule has 82 valence electrons. The van der Waals surface area contributed by atoms with E-state index in [0.29, 0.717) is 19.8 Å². The van der Waals surface area contributed by atoms with Crippen molar-refractivity contribution in [2.75, 3.05) is 26.9 Å². The topological polar surface area (TPSA) is 47.6 Å². The molecule has 1 heterocycles. The van der Waals surface area contributed by atoms with Crippen molar-refractivity contribution in [1.82, 2.24) is 5.32 Å². The molecule has 0 radical (unpaired) electrons. The van der Waals surface area contributed by atoms with Crippen molar-refractivity contribution >= 4 is 5.91 Å². The summed E-state index contributed by atoms with van der Waals surface area (Å²) in [6.07, 6.45) is 0.849. The summed E-state index contributed by atoms with van der Waals surface area (Å²) in [6, 6.07) is 0. The van der Waals surface area contributed by atoms with Crippen molar-refractivity contribution in [3.8, 4) is 0 Å². The quantitative estimate of drug-likeness (QED) is 0.723. The number of nitrogens with one attached hydrogen (secondary N) is 1. The van der Waals surface area contributed by atoms with Crippen LogP contribution in [0.5, 0.6) is 0 Å². The van der Waals surface area contributed by atoms with Gasteiger partial charge >= 0.3 is 0 Å². The van der Waals surface area contributed by atoms with Gasteiger partial charge in [0.05, 0.1) is 6.61 Å². The monoisotopic (exact) mass is 201 g/mol. The second-order valence-electron chi connectivity index (χ2n) is 4.06. The molecule has 1 saturated heterocycles. The molecule has 1 atom stereocenters. The van der Waals surface area contributed by atoms with Gasteiger partial charge in [-0.1, -0.05) is 13.8 Å². The molecule has 1 aliphatic heterocycles. The van der Waals surface area contributed by atoms with Gasteiger partial charge in [-0.25, -0.2) is 0 Å². The van der Waals surface area contributed by atoms with Gasteiger partial charge in [-0.05, 0) is 0 Å². The van der Waals surface area contributed by atoms with Gasteiger partial charge in [-0.3, -0.25) is 4.79 Å². The highest BCUT2D eigenvalue weighted by molar-refractivity contribution is 5.77. The van der Waals surface area contributed by atoms with E-state index in [9.17, 15) is 4.79 Å². The maximum absolute atomic E-state index is 11.4. The Morgan fingerprint density at radius 2 is 2.36 bits per heavy atom. The lowest BCUT2D eigenvalue weighted by molar-refractivity contribution is -0.125. The average Bonchev–Trinajstić information content (AvgIpc) is 2.63. The first-order valence-corrected chi connectivity index (χ1v) is 5.00. The molecule has 4 nitrogen and oxygen atoms in total. The van der Waals surface area contributed by atoms with Crippen molar-refractivity contribution in [2.45, 2.75) is 25.9 Å². The van der Waals surface area contributed by atoms with Crippen LogP contribution in [0.2, 0.25) is 0 Å². The first-order chi connectivity index (χ1) is 6.59. The molecule has 0 aliphatic carbocycles. The van der Waals surface area contributed by atoms with Crippen LogP contribution in [0.25, 0.3) is 0 Å². The second kappa shape index (κ2) is 4.75. The number of carbonyl (C=O) groups excluding carboxylic acids is 1. The number of hydrogen-bond donors (Lipinski definition) is 1. The standard InChI is InChI=1S/C10H19NO3/c1-8(2)9(12)11-6-10(13-3)4-5-14-7-10/h8H,4-7H2,1-3H3,(H,11,12). The lowest BCUT2D eigenvalue weighted by Crippen LogP contribution is -2.45. The van der Waals surface area contributed by atoms with E-state index in [2.05, 4.69) is 5.32 Å². The number of amides is 1. The summed E-state index contributed by atoms with van der Waals surface area (Å²) < 4.78 is 10.7. The molecule has 1 rings (SSSR count). The lowest BCUT2D eigenvalue weighted by Gasteiger charge is -2.26. The van der Waals surface area contributed by atoms with Gasteiger partial charge < -0.3 is 14.8 Å². The molecule has 14 heavy (non-hydrogen) atoms. The molecule has 0 aromatic carbocycles. The van der Waals surface area contributed by atoms with Gasteiger partial charge in [0.15, 0.2) is 0 Å². The number of rotatable bonds is 4. The van der Waals surface area contributed by atoms with E-state index in [1.165, 1.54) is 0 Å². The molecule has 1 amide bonds. The minimum Gasteiger partial charge on any atom is -0.378 e. The summed E-state index contributed by atoms with van der Waals surface area (Å²) >= 11 is 0. The van der Waals surface area contributed by atoms with Gasteiger partial charge in [-0.15, -0.1) is 0 Å². The first-order valence-electron chi connectivity index (χ1n) is 5.00. The van der Waals surface area contributed by atoms with E-state index in [1.807, 2.05) is 13.8 Å². The second-order valence-corrected chi connectivity index (χ2v) is 4.06. The predicted octanol–water partition coefficient (Wildman–Crippen LogP) is 0.564. The number of hydrogen-bond acceptors (Lipinski definition) is 3. The molecule has 1 fully saturated rings. The SMILES string of the molecule is COC1(CNC(=O)C(C)C)CCOC1. The Morgan fingerprint density at radius 1 is 1.64 bits per heavy atom. The Bertz CT molecular complexity index is 198. The molecule has 0 aromatic rings. The van der Waals surface area contributed by atoms with Crippen LogP contribution in [0.4, 0.5) is 0 Å². The highest BCUT2D eigenvalue weighted by Gasteiger charge is 2.35. The third kappa shape index (κ3) is 2.69. The third-order valence-corrected chi connectivity index (χ3v) is 2.61. The van der Waals surface area contributed by atoms with Crippen molar-refractivity contribution in [3.63, 3.8) is 0 Å². The highest BCUT2D eigenvalue weighted by Crippen LogP contribution is 2.21. The predicted molar refractivity (Wildman–Crippen MR) is 53.0 cm³/mol. The van der Waals surface area contributed by atoms with Gasteiger partial charge in [0, 0.05) is 32.6 Å². The van der Waals surface area contributed by atoms with E-state index >= 15 is 0 Å². The van der Waals surface area contributed by atoms with Gasteiger partial charge in [0.25, 0.3) is 0 Å². The van der Waals surface area contributed by atoms with Crippen LogP contribution in [0.3, 0.4) is 0 Å². The average molecular weight is 201 g/mol. The van der Waals surface area contributed by atoms with Crippen molar-refractivity contribution in [3.05, 3.63) is 0 Å². The Balaban J connectivity index is 2.38. The molecular weight excluding hydrogens is 182 g/mol. The zero-order valence-corrected chi connectivity index (χ0v) is 9.13. The Kier molecular flexibility index (Phi) is 3.89. The normalized spacial score (nSPS) is 26.9. The summed E-state index contributed by atoms with van der Waals surface area (Å²) in [6.45, 7) is 5.58.